The average molecular weight is 287 g/mol. The van der Waals surface area contributed by atoms with Crippen LogP contribution in [0.4, 0.5) is 4.39 Å². The first-order valence-electron chi connectivity index (χ1n) is 6.26. The summed E-state index contributed by atoms with van der Waals surface area (Å²) >= 11 is 5.86. The van der Waals surface area contributed by atoms with Crippen molar-refractivity contribution in [3.8, 4) is 5.69 Å². The average Bonchev–Trinajstić information content (AvgIpc) is 2.91. The molecule has 0 saturated heterocycles. The van der Waals surface area contributed by atoms with Gasteiger partial charge in [-0.05, 0) is 42.0 Å². The van der Waals surface area contributed by atoms with Crippen LogP contribution in [0.5, 0.6) is 0 Å². The zero-order valence-electron chi connectivity index (χ0n) is 10.6. The molecule has 0 aliphatic rings. The van der Waals surface area contributed by atoms with E-state index in [2.05, 4.69) is 5.10 Å². The standard InChI is InChI=1S/C16H12ClFN2/c17-13-5-7-15(8-6-13)20-10-9-14(19-20)11-12-3-1-2-4-16(12)18/h1-10H,11H2. The maximum Gasteiger partial charge on any atom is 0.126 e. The Morgan fingerprint density at radius 2 is 1.75 bits per heavy atom. The molecule has 0 atom stereocenters. The highest BCUT2D eigenvalue weighted by molar-refractivity contribution is 6.30. The number of rotatable bonds is 3. The van der Waals surface area contributed by atoms with E-state index in [9.17, 15) is 4.39 Å². The monoisotopic (exact) mass is 286 g/mol. The highest BCUT2D eigenvalue weighted by Gasteiger charge is 2.06. The lowest BCUT2D eigenvalue weighted by molar-refractivity contribution is 0.612. The number of hydrogen-bond donors (Lipinski definition) is 0. The molecule has 3 rings (SSSR count). The zero-order chi connectivity index (χ0) is 13.9. The van der Waals surface area contributed by atoms with E-state index >= 15 is 0 Å². The highest BCUT2D eigenvalue weighted by Crippen LogP contribution is 2.15. The summed E-state index contributed by atoms with van der Waals surface area (Å²) in [5, 5.41) is 5.14. The van der Waals surface area contributed by atoms with Crippen molar-refractivity contribution in [2.75, 3.05) is 0 Å². The summed E-state index contributed by atoms with van der Waals surface area (Å²) in [4.78, 5) is 0. The van der Waals surface area contributed by atoms with E-state index < -0.39 is 0 Å². The maximum atomic E-state index is 13.6. The van der Waals surface area contributed by atoms with Crippen LogP contribution in [0.15, 0.2) is 60.8 Å². The minimum Gasteiger partial charge on any atom is -0.241 e. The third kappa shape index (κ3) is 2.73. The number of nitrogens with zero attached hydrogens (tertiary/aromatic N) is 2. The Labute approximate surface area is 121 Å². The maximum absolute atomic E-state index is 13.6. The summed E-state index contributed by atoms with van der Waals surface area (Å²) in [5.74, 6) is -0.200. The van der Waals surface area contributed by atoms with Crippen LogP contribution in [0.3, 0.4) is 0 Å². The molecule has 100 valence electrons. The molecule has 1 aromatic heterocycles. The third-order valence-electron chi connectivity index (χ3n) is 3.06. The minimum absolute atomic E-state index is 0.200. The highest BCUT2D eigenvalue weighted by atomic mass is 35.5. The zero-order valence-corrected chi connectivity index (χ0v) is 11.4. The van der Waals surface area contributed by atoms with Crippen LogP contribution in [-0.4, -0.2) is 9.78 Å². The van der Waals surface area contributed by atoms with Crippen molar-refractivity contribution in [2.24, 2.45) is 0 Å². The number of halogens is 2. The molecule has 4 heteroatoms. The summed E-state index contributed by atoms with van der Waals surface area (Å²) in [6, 6.07) is 16.1. The smallest absolute Gasteiger partial charge is 0.126 e. The number of hydrogen-bond acceptors (Lipinski definition) is 1. The van der Waals surface area contributed by atoms with Gasteiger partial charge in [0.05, 0.1) is 11.4 Å². The molecule has 0 fully saturated rings. The molecule has 1 heterocycles. The van der Waals surface area contributed by atoms with Gasteiger partial charge in [0.25, 0.3) is 0 Å². The van der Waals surface area contributed by atoms with Crippen molar-refractivity contribution in [1.29, 1.82) is 0 Å². The van der Waals surface area contributed by atoms with Crippen molar-refractivity contribution in [1.82, 2.24) is 9.78 Å². The van der Waals surface area contributed by atoms with Crippen LogP contribution in [0.1, 0.15) is 11.3 Å². The van der Waals surface area contributed by atoms with Gasteiger partial charge in [0.15, 0.2) is 0 Å². The third-order valence-corrected chi connectivity index (χ3v) is 3.32. The van der Waals surface area contributed by atoms with E-state index in [0.29, 0.717) is 17.0 Å². The molecule has 0 spiro atoms. The van der Waals surface area contributed by atoms with Crippen LogP contribution in [0, 0.1) is 5.82 Å². The molecule has 0 N–H and O–H groups in total. The summed E-state index contributed by atoms with van der Waals surface area (Å²) in [6.07, 6.45) is 2.34. The topological polar surface area (TPSA) is 17.8 Å². The van der Waals surface area contributed by atoms with Gasteiger partial charge in [-0.15, -0.1) is 0 Å². The summed E-state index contributed by atoms with van der Waals surface area (Å²) in [7, 11) is 0. The second-order valence-corrected chi connectivity index (χ2v) is 4.93. The fourth-order valence-corrected chi connectivity index (χ4v) is 2.16. The first kappa shape index (κ1) is 12.9. The van der Waals surface area contributed by atoms with Gasteiger partial charge in [-0.1, -0.05) is 29.8 Å². The van der Waals surface area contributed by atoms with Crippen LogP contribution < -0.4 is 0 Å². The predicted molar refractivity (Wildman–Crippen MR) is 77.8 cm³/mol. The lowest BCUT2D eigenvalue weighted by Crippen LogP contribution is -1.97. The molecule has 3 aromatic rings. The van der Waals surface area contributed by atoms with E-state index in [4.69, 9.17) is 11.6 Å². The Hall–Kier alpha value is -2.13. The minimum atomic E-state index is -0.200. The summed E-state index contributed by atoms with van der Waals surface area (Å²) in [5.41, 5.74) is 2.40. The summed E-state index contributed by atoms with van der Waals surface area (Å²) in [6.45, 7) is 0. The molecule has 0 radical (unpaired) electrons. The Kier molecular flexibility index (Phi) is 3.52. The predicted octanol–water partition coefficient (Wildman–Crippen LogP) is 4.26. The molecule has 0 amide bonds. The second kappa shape index (κ2) is 5.47. The molecular formula is C16H12ClFN2. The van der Waals surface area contributed by atoms with E-state index in [1.165, 1.54) is 6.07 Å². The first-order chi connectivity index (χ1) is 9.72. The molecule has 0 saturated carbocycles. The second-order valence-electron chi connectivity index (χ2n) is 4.50. The first-order valence-corrected chi connectivity index (χ1v) is 6.64. The summed E-state index contributed by atoms with van der Waals surface area (Å²) < 4.78 is 15.4. The molecular weight excluding hydrogens is 275 g/mol. The largest absolute Gasteiger partial charge is 0.241 e. The fraction of sp³-hybridized carbons (Fsp3) is 0.0625. The lowest BCUT2D eigenvalue weighted by Gasteiger charge is -2.02. The van der Waals surface area contributed by atoms with Gasteiger partial charge in [-0.3, -0.25) is 0 Å². The molecule has 0 bridgehead atoms. The Morgan fingerprint density at radius 1 is 1.00 bits per heavy atom. The molecule has 2 aromatic carbocycles. The quantitative estimate of drug-likeness (QED) is 0.703. The van der Waals surface area contributed by atoms with Gasteiger partial charge >= 0.3 is 0 Å². The van der Waals surface area contributed by atoms with Gasteiger partial charge in [0.2, 0.25) is 0 Å². The molecule has 0 unspecified atom stereocenters. The fourth-order valence-electron chi connectivity index (χ4n) is 2.03. The number of aromatic nitrogens is 2. The van der Waals surface area contributed by atoms with Crippen molar-refractivity contribution in [3.05, 3.63) is 82.9 Å². The van der Waals surface area contributed by atoms with Gasteiger partial charge in [-0.2, -0.15) is 5.10 Å². The number of benzene rings is 2. The Balaban J connectivity index is 1.84. The van der Waals surface area contributed by atoms with Gasteiger partial charge in [-0.25, -0.2) is 9.07 Å². The van der Waals surface area contributed by atoms with Crippen LogP contribution >= 0.6 is 11.6 Å². The Morgan fingerprint density at radius 3 is 2.50 bits per heavy atom. The van der Waals surface area contributed by atoms with E-state index in [1.807, 2.05) is 42.6 Å². The van der Waals surface area contributed by atoms with E-state index in [-0.39, 0.29) is 5.82 Å². The van der Waals surface area contributed by atoms with Gasteiger partial charge in [0, 0.05) is 17.6 Å². The Bertz CT molecular complexity index is 719. The van der Waals surface area contributed by atoms with Crippen molar-refractivity contribution in [2.45, 2.75) is 6.42 Å². The molecule has 20 heavy (non-hydrogen) atoms. The van der Waals surface area contributed by atoms with Gasteiger partial charge in [0.1, 0.15) is 5.82 Å². The molecule has 0 aliphatic carbocycles. The van der Waals surface area contributed by atoms with Crippen LogP contribution in [-0.2, 0) is 6.42 Å². The van der Waals surface area contributed by atoms with Gasteiger partial charge < -0.3 is 0 Å². The van der Waals surface area contributed by atoms with Crippen molar-refractivity contribution in [3.63, 3.8) is 0 Å². The molecule has 0 aliphatic heterocycles. The van der Waals surface area contributed by atoms with Crippen LogP contribution in [0.2, 0.25) is 5.02 Å². The van der Waals surface area contributed by atoms with Crippen LogP contribution in [0.25, 0.3) is 5.69 Å². The SMILES string of the molecule is Fc1ccccc1Cc1ccn(-c2ccc(Cl)cc2)n1. The van der Waals surface area contributed by atoms with E-state index in [1.54, 1.807) is 16.8 Å². The lowest BCUT2D eigenvalue weighted by atomic mass is 10.1. The molecule has 2 nitrogen and oxygen atoms in total. The van der Waals surface area contributed by atoms with Crippen molar-refractivity contribution < 1.29 is 4.39 Å². The van der Waals surface area contributed by atoms with E-state index in [0.717, 1.165) is 11.4 Å². The normalized spacial score (nSPS) is 10.7. The van der Waals surface area contributed by atoms with Crippen molar-refractivity contribution >= 4 is 11.6 Å².